The maximum absolute atomic E-state index is 12.2. The number of carbonyl (C=O) groups is 1. The first-order chi connectivity index (χ1) is 8.11. The second-order valence-electron chi connectivity index (χ2n) is 4.27. The summed E-state index contributed by atoms with van der Waals surface area (Å²) in [5.74, 6) is 0.472. The van der Waals surface area contributed by atoms with E-state index in [1.165, 1.54) is 0 Å². The number of hydrogen-bond donors (Lipinski definition) is 1. The molecule has 3 nitrogen and oxygen atoms in total. The molecular formula is C12H15BrCl2N2O. The number of nitrogens with zero attached hydrogens (tertiary/aromatic N) is 1. The highest BCUT2D eigenvalue weighted by Gasteiger charge is 2.26. The van der Waals surface area contributed by atoms with E-state index in [0.29, 0.717) is 23.0 Å². The van der Waals surface area contributed by atoms with Gasteiger partial charge in [0.2, 0.25) is 0 Å². The van der Waals surface area contributed by atoms with Gasteiger partial charge in [0.15, 0.2) is 0 Å². The molecule has 1 saturated heterocycles. The third-order valence-corrected chi connectivity index (χ3v) is 4.31. The van der Waals surface area contributed by atoms with E-state index in [1.54, 1.807) is 18.2 Å². The zero-order chi connectivity index (χ0) is 12.4. The van der Waals surface area contributed by atoms with E-state index in [2.05, 4.69) is 15.9 Å². The predicted molar refractivity (Wildman–Crippen MR) is 79.5 cm³/mol. The molecule has 1 unspecified atom stereocenters. The molecule has 1 aromatic carbocycles. The highest BCUT2D eigenvalue weighted by molar-refractivity contribution is 9.10. The average Bonchev–Trinajstić information content (AvgIpc) is 2.80. The Morgan fingerprint density at radius 3 is 2.83 bits per heavy atom. The average molecular weight is 354 g/mol. The number of amides is 1. The van der Waals surface area contributed by atoms with Crippen molar-refractivity contribution >= 4 is 45.8 Å². The van der Waals surface area contributed by atoms with Gasteiger partial charge < -0.3 is 10.6 Å². The molecule has 0 aliphatic carbocycles. The van der Waals surface area contributed by atoms with Crippen LogP contribution in [0.15, 0.2) is 22.7 Å². The van der Waals surface area contributed by atoms with E-state index >= 15 is 0 Å². The minimum Gasteiger partial charge on any atom is -0.338 e. The Balaban J connectivity index is 0.00000162. The maximum Gasteiger partial charge on any atom is 0.253 e. The van der Waals surface area contributed by atoms with Crippen molar-refractivity contribution in [2.75, 3.05) is 19.6 Å². The molecule has 1 heterocycles. The summed E-state index contributed by atoms with van der Waals surface area (Å²) in [5, 5.41) is 0.561. The van der Waals surface area contributed by atoms with Crippen LogP contribution in [-0.2, 0) is 0 Å². The fourth-order valence-electron chi connectivity index (χ4n) is 2.02. The molecule has 1 aliphatic heterocycles. The van der Waals surface area contributed by atoms with Crippen LogP contribution in [0.3, 0.4) is 0 Å². The lowest BCUT2D eigenvalue weighted by molar-refractivity contribution is 0.0787. The van der Waals surface area contributed by atoms with Crippen LogP contribution in [0.2, 0.25) is 5.02 Å². The van der Waals surface area contributed by atoms with Gasteiger partial charge in [-0.1, -0.05) is 11.6 Å². The molecule has 1 aliphatic rings. The Morgan fingerprint density at radius 1 is 1.56 bits per heavy atom. The van der Waals surface area contributed by atoms with Crippen molar-refractivity contribution < 1.29 is 4.79 Å². The Labute approximate surface area is 126 Å². The van der Waals surface area contributed by atoms with Gasteiger partial charge in [-0.15, -0.1) is 12.4 Å². The van der Waals surface area contributed by atoms with E-state index in [4.69, 9.17) is 17.3 Å². The Hall–Kier alpha value is -0.290. The topological polar surface area (TPSA) is 46.3 Å². The number of hydrogen-bond acceptors (Lipinski definition) is 2. The number of rotatable bonds is 2. The molecule has 2 N–H and O–H groups in total. The lowest BCUT2D eigenvalue weighted by atomic mass is 10.1. The molecule has 0 aromatic heterocycles. The molecule has 2 rings (SSSR count). The van der Waals surface area contributed by atoms with Crippen LogP contribution < -0.4 is 5.73 Å². The van der Waals surface area contributed by atoms with Crippen LogP contribution in [0, 0.1) is 5.92 Å². The van der Waals surface area contributed by atoms with Crippen LogP contribution in [0.1, 0.15) is 16.8 Å². The zero-order valence-electron chi connectivity index (χ0n) is 9.73. The van der Waals surface area contributed by atoms with E-state index in [-0.39, 0.29) is 18.3 Å². The minimum absolute atomic E-state index is 0. The molecule has 1 amide bonds. The highest BCUT2D eigenvalue weighted by atomic mass is 79.9. The van der Waals surface area contributed by atoms with Gasteiger partial charge in [-0.3, -0.25) is 4.79 Å². The molecule has 1 atom stereocenters. The summed E-state index contributed by atoms with van der Waals surface area (Å²) in [4.78, 5) is 14.0. The van der Waals surface area contributed by atoms with Gasteiger partial charge in [0, 0.05) is 23.1 Å². The Kier molecular flexibility index (Phi) is 5.92. The van der Waals surface area contributed by atoms with Crippen molar-refractivity contribution in [3.05, 3.63) is 33.3 Å². The highest BCUT2D eigenvalue weighted by Crippen LogP contribution is 2.25. The van der Waals surface area contributed by atoms with Gasteiger partial charge in [0.05, 0.1) is 5.02 Å². The normalized spacial score (nSPS) is 18.6. The number of likely N-dealkylation sites (tertiary alicyclic amines) is 1. The van der Waals surface area contributed by atoms with E-state index < -0.39 is 0 Å². The van der Waals surface area contributed by atoms with E-state index in [0.717, 1.165) is 24.0 Å². The van der Waals surface area contributed by atoms with Gasteiger partial charge in [-0.05, 0) is 53.0 Å². The van der Waals surface area contributed by atoms with Crippen LogP contribution in [0.5, 0.6) is 0 Å². The first-order valence-corrected chi connectivity index (χ1v) is 6.73. The van der Waals surface area contributed by atoms with Crippen LogP contribution in [0.25, 0.3) is 0 Å². The van der Waals surface area contributed by atoms with Crippen molar-refractivity contribution in [3.63, 3.8) is 0 Å². The molecule has 1 fully saturated rings. The SMILES string of the molecule is Cl.NCC1CCN(C(=O)c2ccc(Br)c(Cl)c2)C1. The molecular weight excluding hydrogens is 339 g/mol. The fourth-order valence-corrected chi connectivity index (χ4v) is 2.45. The van der Waals surface area contributed by atoms with Crippen molar-refractivity contribution in [1.82, 2.24) is 4.90 Å². The van der Waals surface area contributed by atoms with Crippen LogP contribution in [0.4, 0.5) is 0 Å². The maximum atomic E-state index is 12.2. The monoisotopic (exact) mass is 352 g/mol. The Bertz CT molecular complexity index is 442. The summed E-state index contributed by atoms with van der Waals surface area (Å²) in [7, 11) is 0. The van der Waals surface area contributed by atoms with Gasteiger partial charge in [0.25, 0.3) is 5.91 Å². The molecule has 6 heteroatoms. The third kappa shape index (κ3) is 3.38. The summed E-state index contributed by atoms with van der Waals surface area (Å²) < 4.78 is 0.803. The molecule has 0 radical (unpaired) electrons. The van der Waals surface area contributed by atoms with Gasteiger partial charge >= 0.3 is 0 Å². The second kappa shape index (κ2) is 6.75. The molecule has 1 aromatic rings. The number of halogens is 3. The van der Waals surface area contributed by atoms with Crippen LogP contribution in [-0.4, -0.2) is 30.4 Å². The number of benzene rings is 1. The molecule has 0 saturated carbocycles. The minimum atomic E-state index is 0. The lowest BCUT2D eigenvalue weighted by Gasteiger charge is -2.16. The number of nitrogens with two attached hydrogens (primary N) is 1. The third-order valence-electron chi connectivity index (χ3n) is 3.07. The lowest BCUT2D eigenvalue weighted by Crippen LogP contribution is -2.29. The van der Waals surface area contributed by atoms with E-state index in [1.807, 2.05) is 4.90 Å². The zero-order valence-corrected chi connectivity index (χ0v) is 12.9. The molecule has 0 spiro atoms. The standard InChI is InChI=1S/C12H14BrClN2O.ClH/c13-10-2-1-9(5-11(10)14)12(17)16-4-3-8(6-15)7-16;/h1-2,5,8H,3-4,6-7,15H2;1H. The molecule has 18 heavy (non-hydrogen) atoms. The number of carbonyl (C=O) groups excluding carboxylic acids is 1. The second-order valence-corrected chi connectivity index (χ2v) is 5.53. The summed E-state index contributed by atoms with van der Waals surface area (Å²) in [5.41, 5.74) is 6.25. The summed E-state index contributed by atoms with van der Waals surface area (Å²) in [6.45, 7) is 2.18. The molecule has 0 bridgehead atoms. The van der Waals surface area contributed by atoms with Crippen molar-refractivity contribution in [2.24, 2.45) is 11.7 Å². The first-order valence-electron chi connectivity index (χ1n) is 5.56. The van der Waals surface area contributed by atoms with Gasteiger partial charge in [-0.25, -0.2) is 0 Å². The Morgan fingerprint density at radius 2 is 2.28 bits per heavy atom. The summed E-state index contributed by atoms with van der Waals surface area (Å²) in [6, 6.07) is 5.28. The van der Waals surface area contributed by atoms with Gasteiger partial charge in [-0.2, -0.15) is 0 Å². The summed E-state index contributed by atoms with van der Waals surface area (Å²) >= 11 is 9.29. The fraction of sp³-hybridized carbons (Fsp3) is 0.417. The van der Waals surface area contributed by atoms with Crippen molar-refractivity contribution in [1.29, 1.82) is 0 Å². The van der Waals surface area contributed by atoms with Crippen molar-refractivity contribution in [3.8, 4) is 0 Å². The first kappa shape index (κ1) is 15.8. The van der Waals surface area contributed by atoms with Crippen molar-refractivity contribution in [2.45, 2.75) is 6.42 Å². The quantitative estimate of drug-likeness (QED) is 0.888. The predicted octanol–water partition coefficient (Wildman–Crippen LogP) is 2.95. The van der Waals surface area contributed by atoms with Crippen LogP contribution >= 0.6 is 39.9 Å². The molecule has 100 valence electrons. The van der Waals surface area contributed by atoms with E-state index in [9.17, 15) is 4.79 Å². The summed E-state index contributed by atoms with van der Waals surface area (Å²) in [6.07, 6.45) is 0.993. The smallest absolute Gasteiger partial charge is 0.253 e. The van der Waals surface area contributed by atoms with Gasteiger partial charge in [0.1, 0.15) is 0 Å². The largest absolute Gasteiger partial charge is 0.338 e.